The lowest BCUT2D eigenvalue weighted by atomic mass is 9.83. The number of thiophene rings is 1. The van der Waals surface area contributed by atoms with E-state index in [0.717, 1.165) is 10.4 Å². The number of β-amino-alcohol motifs (C(OH)–C–C–N with tert-alkyl or cyclic N) is 1. The summed E-state index contributed by atoms with van der Waals surface area (Å²) in [5, 5.41) is 10.1. The van der Waals surface area contributed by atoms with Crippen LogP contribution in [-0.2, 0) is 0 Å². The van der Waals surface area contributed by atoms with E-state index in [1.54, 1.807) is 4.90 Å². The second kappa shape index (κ2) is 4.10. The Kier molecular flexibility index (Phi) is 3.04. The van der Waals surface area contributed by atoms with Crippen molar-refractivity contribution in [1.82, 2.24) is 4.90 Å². The van der Waals surface area contributed by atoms with E-state index in [2.05, 4.69) is 0 Å². The molecule has 1 fully saturated rings. The van der Waals surface area contributed by atoms with Crippen LogP contribution in [0, 0.1) is 19.8 Å². The first kappa shape index (κ1) is 12.6. The Morgan fingerprint density at radius 2 is 2.06 bits per heavy atom. The first-order valence-corrected chi connectivity index (χ1v) is 6.74. The molecule has 0 radical (unpaired) electrons. The quantitative estimate of drug-likeness (QED) is 0.878. The fourth-order valence-corrected chi connectivity index (χ4v) is 2.96. The third-order valence-electron chi connectivity index (χ3n) is 3.67. The average molecular weight is 253 g/mol. The standard InChI is InChI=1S/C13H19NO2S/c1-8(2)13(16)6-14(7-13)12(15)11-5-9(3)10(4)17-11/h5,8,16H,6-7H2,1-4H3. The molecule has 17 heavy (non-hydrogen) atoms. The normalized spacial score (nSPS) is 18.4. The van der Waals surface area contributed by atoms with Crippen LogP contribution in [0.3, 0.4) is 0 Å². The second-order valence-electron chi connectivity index (χ2n) is 5.27. The van der Waals surface area contributed by atoms with Crippen LogP contribution in [0.5, 0.6) is 0 Å². The van der Waals surface area contributed by atoms with Gasteiger partial charge < -0.3 is 10.0 Å². The fraction of sp³-hybridized carbons (Fsp3) is 0.615. The van der Waals surface area contributed by atoms with Crippen LogP contribution in [0.4, 0.5) is 0 Å². The first-order valence-electron chi connectivity index (χ1n) is 5.92. The van der Waals surface area contributed by atoms with Gasteiger partial charge in [0, 0.05) is 4.88 Å². The summed E-state index contributed by atoms with van der Waals surface area (Å²) in [5.74, 6) is 0.245. The van der Waals surface area contributed by atoms with E-state index in [9.17, 15) is 9.90 Å². The van der Waals surface area contributed by atoms with Gasteiger partial charge in [-0.2, -0.15) is 0 Å². The van der Waals surface area contributed by atoms with Crippen molar-refractivity contribution in [2.45, 2.75) is 33.3 Å². The van der Waals surface area contributed by atoms with E-state index < -0.39 is 5.60 Å². The molecule has 0 spiro atoms. The molecule has 2 rings (SSSR count). The summed E-state index contributed by atoms with van der Waals surface area (Å²) in [4.78, 5) is 15.8. The third kappa shape index (κ3) is 2.11. The maximum absolute atomic E-state index is 12.1. The molecule has 0 aliphatic carbocycles. The maximum atomic E-state index is 12.1. The Bertz CT molecular complexity index is 425. The number of aliphatic hydroxyl groups is 1. The van der Waals surface area contributed by atoms with Crippen molar-refractivity contribution < 1.29 is 9.90 Å². The topological polar surface area (TPSA) is 40.5 Å². The van der Waals surface area contributed by atoms with Gasteiger partial charge in [-0.1, -0.05) is 13.8 Å². The predicted octanol–water partition coefficient (Wildman–Crippen LogP) is 2.21. The molecular formula is C13H19NO2S. The third-order valence-corrected chi connectivity index (χ3v) is 4.81. The van der Waals surface area contributed by atoms with Gasteiger partial charge in [-0.15, -0.1) is 11.3 Å². The van der Waals surface area contributed by atoms with Crippen molar-refractivity contribution in [2.75, 3.05) is 13.1 Å². The molecule has 0 unspecified atom stereocenters. The van der Waals surface area contributed by atoms with Crippen molar-refractivity contribution in [1.29, 1.82) is 0 Å². The van der Waals surface area contributed by atoms with Crippen LogP contribution in [0.1, 0.15) is 34.0 Å². The highest BCUT2D eigenvalue weighted by Gasteiger charge is 2.46. The van der Waals surface area contributed by atoms with E-state index in [1.807, 2.05) is 33.8 Å². The Labute approximate surface area is 106 Å². The molecule has 0 aromatic carbocycles. The highest BCUT2D eigenvalue weighted by atomic mass is 32.1. The molecule has 0 saturated carbocycles. The molecule has 1 saturated heterocycles. The minimum Gasteiger partial charge on any atom is -0.386 e. The van der Waals surface area contributed by atoms with E-state index in [4.69, 9.17) is 0 Å². The molecular weight excluding hydrogens is 234 g/mol. The predicted molar refractivity (Wildman–Crippen MR) is 69.5 cm³/mol. The molecule has 0 bridgehead atoms. The summed E-state index contributed by atoms with van der Waals surface area (Å²) in [6.45, 7) is 8.93. The lowest BCUT2D eigenvalue weighted by Crippen LogP contribution is -2.65. The minimum absolute atomic E-state index is 0.0523. The Morgan fingerprint density at radius 1 is 1.47 bits per heavy atom. The highest BCUT2D eigenvalue weighted by molar-refractivity contribution is 7.14. The minimum atomic E-state index is -0.684. The van der Waals surface area contributed by atoms with Gasteiger partial charge in [0.25, 0.3) is 5.91 Å². The summed E-state index contributed by atoms with van der Waals surface area (Å²) in [7, 11) is 0. The van der Waals surface area contributed by atoms with Crippen LogP contribution in [0.15, 0.2) is 6.07 Å². The number of hydrogen-bond donors (Lipinski definition) is 1. The van der Waals surface area contributed by atoms with Gasteiger partial charge in [0.2, 0.25) is 0 Å². The molecule has 2 heterocycles. The number of carbonyl (C=O) groups is 1. The molecule has 3 nitrogen and oxygen atoms in total. The lowest BCUT2D eigenvalue weighted by Gasteiger charge is -2.48. The van der Waals surface area contributed by atoms with Gasteiger partial charge >= 0.3 is 0 Å². The zero-order chi connectivity index (χ0) is 12.8. The summed E-state index contributed by atoms with van der Waals surface area (Å²) < 4.78 is 0. The SMILES string of the molecule is Cc1cc(C(=O)N2CC(O)(C(C)C)C2)sc1C. The lowest BCUT2D eigenvalue weighted by molar-refractivity contribution is -0.110. The molecule has 0 atom stereocenters. The molecule has 1 N–H and O–H groups in total. The molecule has 1 aliphatic heterocycles. The number of amides is 1. The number of likely N-dealkylation sites (tertiary alicyclic amines) is 1. The van der Waals surface area contributed by atoms with Crippen LogP contribution in [0.25, 0.3) is 0 Å². The molecule has 1 aromatic rings. The van der Waals surface area contributed by atoms with Gasteiger partial charge in [-0.05, 0) is 31.4 Å². The smallest absolute Gasteiger partial charge is 0.264 e. The molecule has 94 valence electrons. The van der Waals surface area contributed by atoms with Gasteiger partial charge in [0.05, 0.1) is 18.0 Å². The largest absolute Gasteiger partial charge is 0.386 e. The van der Waals surface area contributed by atoms with Gasteiger partial charge in [0.15, 0.2) is 0 Å². The average Bonchev–Trinajstić information content (AvgIpc) is 2.53. The van der Waals surface area contributed by atoms with E-state index in [-0.39, 0.29) is 11.8 Å². The van der Waals surface area contributed by atoms with Gasteiger partial charge in [0.1, 0.15) is 5.60 Å². The van der Waals surface area contributed by atoms with Crippen molar-refractivity contribution in [3.8, 4) is 0 Å². The number of carbonyl (C=O) groups excluding carboxylic acids is 1. The monoisotopic (exact) mass is 253 g/mol. The Morgan fingerprint density at radius 3 is 2.47 bits per heavy atom. The van der Waals surface area contributed by atoms with Crippen LogP contribution >= 0.6 is 11.3 Å². The molecule has 4 heteroatoms. The number of rotatable bonds is 2. The zero-order valence-electron chi connectivity index (χ0n) is 10.8. The number of hydrogen-bond acceptors (Lipinski definition) is 3. The van der Waals surface area contributed by atoms with E-state index in [1.165, 1.54) is 16.2 Å². The Hall–Kier alpha value is -0.870. The number of nitrogens with zero attached hydrogens (tertiary/aromatic N) is 1. The summed E-state index contributed by atoms with van der Waals surface area (Å²) in [5.41, 5.74) is 0.481. The summed E-state index contributed by atoms with van der Waals surface area (Å²) in [6.07, 6.45) is 0. The Balaban J connectivity index is 2.05. The first-order chi connectivity index (χ1) is 7.83. The zero-order valence-corrected chi connectivity index (χ0v) is 11.6. The summed E-state index contributed by atoms with van der Waals surface area (Å²) in [6, 6.07) is 1.94. The van der Waals surface area contributed by atoms with Gasteiger partial charge in [-0.25, -0.2) is 0 Å². The highest BCUT2D eigenvalue weighted by Crippen LogP contribution is 2.31. The molecule has 1 aromatic heterocycles. The van der Waals surface area contributed by atoms with Crippen molar-refractivity contribution >= 4 is 17.2 Å². The second-order valence-corrected chi connectivity index (χ2v) is 6.53. The molecule has 1 aliphatic rings. The van der Waals surface area contributed by atoms with Crippen molar-refractivity contribution in [3.05, 3.63) is 21.4 Å². The summed E-state index contributed by atoms with van der Waals surface area (Å²) >= 11 is 1.54. The van der Waals surface area contributed by atoms with E-state index in [0.29, 0.717) is 13.1 Å². The molecule has 1 amide bonds. The maximum Gasteiger partial charge on any atom is 0.264 e. The number of aryl methyl sites for hydroxylation is 2. The van der Waals surface area contributed by atoms with E-state index >= 15 is 0 Å². The van der Waals surface area contributed by atoms with Crippen molar-refractivity contribution in [3.63, 3.8) is 0 Å². The van der Waals surface area contributed by atoms with Crippen LogP contribution in [-0.4, -0.2) is 34.6 Å². The van der Waals surface area contributed by atoms with Crippen LogP contribution in [0.2, 0.25) is 0 Å². The van der Waals surface area contributed by atoms with Crippen LogP contribution < -0.4 is 0 Å². The van der Waals surface area contributed by atoms with Gasteiger partial charge in [-0.3, -0.25) is 4.79 Å². The van der Waals surface area contributed by atoms with Crippen molar-refractivity contribution in [2.24, 2.45) is 5.92 Å². The fourth-order valence-electron chi connectivity index (χ4n) is 1.96.